The zero-order valence-corrected chi connectivity index (χ0v) is 9.34. The Bertz CT molecular complexity index is 426. The molecule has 1 aromatic rings. The summed E-state index contributed by atoms with van der Waals surface area (Å²) in [4.78, 5) is 11.2. The highest BCUT2D eigenvalue weighted by molar-refractivity contribution is 6.42. The lowest BCUT2D eigenvalue weighted by Crippen LogP contribution is -2.12. The summed E-state index contributed by atoms with van der Waals surface area (Å²) in [6, 6.07) is 6.42. The van der Waals surface area contributed by atoms with E-state index >= 15 is 0 Å². The Morgan fingerprint density at radius 2 is 2.13 bits per heavy atom. The summed E-state index contributed by atoms with van der Waals surface area (Å²) in [7, 11) is 1.23. The van der Waals surface area contributed by atoms with Crippen molar-refractivity contribution >= 4 is 29.2 Å². The molecule has 0 unspecified atom stereocenters. The van der Waals surface area contributed by atoms with Crippen LogP contribution >= 0.6 is 23.2 Å². The summed E-state index contributed by atoms with van der Waals surface area (Å²) in [6.45, 7) is 0. The van der Waals surface area contributed by atoms with E-state index in [2.05, 4.69) is 4.74 Å². The molecule has 15 heavy (non-hydrogen) atoms. The second-order valence-electron chi connectivity index (χ2n) is 2.76. The predicted octanol–water partition coefficient (Wildman–Crippen LogP) is 2.77. The number of ether oxygens (including phenoxy) is 1. The van der Waals surface area contributed by atoms with Crippen LogP contribution in [0.1, 0.15) is 11.5 Å². The molecular formula is C10H7Cl2NO2. The third kappa shape index (κ3) is 2.62. The Balaban J connectivity index is 3.09. The number of rotatable bonds is 2. The highest BCUT2D eigenvalue weighted by Gasteiger charge is 2.21. The van der Waals surface area contributed by atoms with Crippen molar-refractivity contribution in [1.29, 1.82) is 5.26 Å². The highest BCUT2D eigenvalue weighted by atomic mass is 35.5. The Morgan fingerprint density at radius 1 is 1.47 bits per heavy atom. The first-order valence-electron chi connectivity index (χ1n) is 4.02. The van der Waals surface area contributed by atoms with Crippen molar-refractivity contribution in [3.63, 3.8) is 0 Å². The molecule has 78 valence electrons. The minimum Gasteiger partial charge on any atom is -0.468 e. The molecule has 0 amide bonds. The minimum atomic E-state index is -0.968. The average Bonchev–Trinajstić information content (AvgIpc) is 2.24. The fourth-order valence-corrected chi connectivity index (χ4v) is 1.38. The van der Waals surface area contributed by atoms with Crippen LogP contribution in [-0.4, -0.2) is 13.1 Å². The monoisotopic (exact) mass is 243 g/mol. The maximum Gasteiger partial charge on any atom is 0.327 e. The Kier molecular flexibility index (Phi) is 3.96. The van der Waals surface area contributed by atoms with Crippen LogP contribution in [0.25, 0.3) is 0 Å². The molecule has 0 N–H and O–H groups in total. The van der Waals surface area contributed by atoms with Crippen molar-refractivity contribution in [2.75, 3.05) is 7.11 Å². The molecule has 0 radical (unpaired) electrons. The van der Waals surface area contributed by atoms with E-state index in [9.17, 15) is 4.79 Å². The third-order valence-electron chi connectivity index (χ3n) is 1.84. The first-order chi connectivity index (χ1) is 7.10. The zero-order chi connectivity index (χ0) is 11.4. The molecule has 0 fully saturated rings. The largest absolute Gasteiger partial charge is 0.468 e. The number of esters is 1. The van der Waals surface area contributed by atoms with Gasteiger partial charge >= 0.3 is 5.97 Å². The minimum absolute atomic E-state index is 0.304. The van der Waals surface area contributed by atoms with Gasteiger partial charge in [0.1, 0.15) is 0 Å². The van der Waals surface area contributed by atoms with Crippen molar-refractivity contribution in [2.24, 2.45) is 0 Å². The number of nitrogens with zero attached hydrogens (tertiary/aromatic N) is 1. The van der Waals surface area contributed by atoms with Gasteiger partial charge in [-0.15, -0.1) is 0 Å². The lowest BCUT2D eigenvalue weighted by Gasteiger charge is -2.07. The molecule has 0 saturated carbocycles. The molecule has 1 atom stereocenters. The number of hydrogen-bond donors (Lipinski definition) is 0. The molecule has 1 aromatic carbocycles. The van der Waals surface area contributed by atoms with E-state index in [4.69, 9.17) is 28.5 Å². The topological polar surface area (TPSA) is 50.1 Å². The van der Waals surface area contributed by atoms with Crippen molar-refractivity contribution < 1.29 is 9.53 Å². The molecule has 5 heteroatoms. The third-order valence-corrected chi connectivity index (χ3v) is 2.58. The lowest BCUT2D eigenvalue weighted by atomic mass is 10.0. The van der Waals surface area contributed by atoms with Crippen LogP contribution in [-0.2, 0) is 9.53 Å². The number of carbonyl (C=O) groups is 1. The van der Waals surface area contributed by atoms with E-state index in [-0.39, 0.29) is 0 Å². The van der Waals surface area contributed by atoms with Crippen LogP contribution in [0, 0.1) is 11.3 Å². The number of halogens is 2. The highest BCUT2D eigenvalue weighted by Crippen LogP contribution is 2.26. The molecule has 0 spiro atoms. The van der Waals surface area contributed by atoms with Gasteiger partial charge in [-0.05, 0) is 17.7 Å². The maximum absolute atomic E-state index is 11.2. The Hall–Kier alpha value is -1.24. The van der Waals surface area contributed by atoms with Gasteiger partial charge in [0.05, 0.1) is 23.2 Å². The summed E-state index contributed by atoms with van der Waals surface area (Å²) in [5, 5.41) is 9.50. The predicted molar refractivity (Wildman–Crippen MR) is 56.8 cm³/mol. The SMILES string of the molecule is COC(=O)[C@@H](C#N)c1ccc(Cl)c(Cl)c1. The van der Waals surface area contributed by atoms with Crippen molar-refractivity contribution in [3.05, 3.63) is 33.8 Å². The zero-order valence-electron chi connectivity index (χ0n) is 7.83. The van der Waals surface area contributed by atoms with Gasteiger partial charge in [0.15, 0.2) is 5.92 Å². The van der Waals surface area contributed by atoms with Crippen LogP contribution in [0.3, 0.4) is 0 Å². The smallest absolute Gasteiger partial charge is 0.327 e. The van der Waals surface area contributed by atoms with E-state index in [1.807, 2.05) is 6.07 Å². The molecule has 0 aliphatic carbocycles. The van der Waals surface area contributed by atoms with E-state index in [1.165, 1.54) is 19.2 Å². The normalized spacial score (nSPS) is 11.6. The first-order valence-corrected chi connectivity index (χ1v) is 4.78. The second-order valence-corrected chi connectivity index (χ2v) is 3.57. The summed E-state index contributed by atoms with van der Waals surface area (Å²) in [6.07, 6.45) is 0. The number of carbonyl (C=O) groups excluding carboxylic acids is 1. The van der Waals surface area contributed by atoms with Crippen LogP contribution < -0.4 is 0 Å². The quantitative estimate of drug-likeness (QED) is 0.751. The number of nitriles is 1. The van der Waals surface area contributed by atoms with Crippen LogP contribution in [0.2, 0.25) is 10.0 Å². The fraction of sp³-hybridized carbons (Fsp3) is 0.200. The molecule has 3 nitrogen and oxygen atoms in total. The summed E-state index contributed by atoms with van der Waals surface area (Å²) >= 11 is 11.5. The first kappa shape index (κ1) is 11.8. The van der Waals surface area contributed by atoms with E-state index in [0.717, 1.165) is 0 Å². The maximum atomic E-state index is 11.2. The van der Waals surface area contributed by atoms with Crippen LogP contribution in [0.15, 0.2) is 18.2 Å². The summed E-state index contributed by atoms with van der Waals surface area (Å²) in [5.41, 5.74) is 0.471. The molecule has 0 bridgehead atoms. The molecule has 0 saturated heterocycles. The molecule has 1 rings (SSSR count). The summed E-state index contributed by atoms with van der Waals surface area (Å²) < 4.78 is 4.49. The van der Waals surface area contributed by atoms with Crippen molar-refractivity contribution in [1.82, 2.24) is 0 Å². The second kappa shape index (κ2) is 5.01. The molecular weight excluding hydrogens is 237 g/mol. The lowest BCUT2D eigenvalue weighted by molar-refractivity contribution is -0.140. The van der Waals surface area contributed by atoms with E-state index in [0.29, 0.717) is 15.6 Å². The number of hydrogen-bond acceptors (Lipinski definition) is 3. The molecule has 0 aliphatic heterocycles. The van der Waals surface area contributed by atoms with Crippen LogP contribution in [0.4, 0.5) is 0 Å². The van der Waals surface area contributed by atoms with Gasteiger partial charge in [0.25, 0.3) is 0 Å². The van der Waals surface area contributed by atoms with Crippen molar-refractivity contribution in [2.45, 2.75) is 5.92 Å². The Labute approximate surface area is 97.2 Å². The van der Waals surface area contributed by atoms with E-state index in [1.54, 1.807) is 6.07 Å². The number of methoxy groups -OCH3 is 1. The Morgan fingerprint density at radius 3 is 2.60 bits per heavy atom. The van der Waals surface area contributed by atoms with Gasteiger partial charge in [-0.3, -0.25) is 4.79 Å². The van der Waals surface area contributed by atoms with Gasteiger partial charge in [0, 0.05) is 0 Å². The molecule has 0 aromatic heterocycles. The van der Waals surface area contributed by atoms with E-state index < -0.39 is 11.9 Å². The standard InChI is InChI=1S/C10H7Cl2NO2/c1-15-10(14)7(5-13)6-2-3-8(11)9(12)4-6/h2-4,7H,1H3/t7-/m0/s1. The summed E-state index contributed by atoms with van der Waals surface area (Å²) in [5.74, 6) is -1.58. The average molecular weight is 244 g/mol. The number of benzene rings is 1. The van der Waals surface area contributed by atoms with Gasteiger partial charge in [0.2, 0.25) is 0 Å². The van der Waals surface area contributed by atoms with Crippen molar-refractivity contribution in [3.8, 4) is 6.07 Å². The van der Waals surface area contributed by atoms with Gasteiger partial charge < -0.3 is 4.74 Å². The molecule has 0 aliphatic rings. The van der Waals surface area contributed by atoms with Crippen LogP contribution in [0.5, 0.6) is 0 Å². The van der Waals surface area contributed by atoms with Gasteiger partial charge in [-0.1, -0.05) is 29.3 Å². The van der Waals surface area contributed by atoms with Gasteiger partial charge in [-0.2, -0.15) is 5.26 Å². The van der Waals surface area contributed by atoms with Gasteiger partial charge in [-0.25, -0.2) is 0 Å². The fourth-order valence-electron chi connectivity index (χ4n) is 1.07. The molecule has 0 heterocycles.